The Morgan fingerprint density at radius 1 is 1.30 bits per heavy atom. The number of primary amides is 1. The maximum Gasteiger partial charge on any atom is 0.320 e. The Balaban J connectivity index is 2.59. The van der Waals surface area contributed by atoms with Gasteiger partial charge in [-0.05, 0) is 24.3 Å². The zero-order chi connectivity index (χ0) is 15.1. The van der Waals surface area contributed by atoms with Crippen molar-refractivity contribution in [2.24, 2.45) is 16.6 Å². The van der Waals surface area contributed by atoms with E-state index in [1.807, 2.05) is 0 Å². The van der Waals surface area contributed by atoms with Crippen LogP contribution in [0.1, 0.15) is 12.0 Å². The van der Waals surface area contributed by atoms with E-state index in [0.29, 0.717) is 11.3 Å². The van der Waals surface area contributed by atoms with Gasteiger partial charge in [-0.15, -0.1) is 0 Å². The van der Waals surface area contributed by atoms with Gasteiger partial charge in [-0.3, -0.25) is 9.59 Å². The Bertz CT molecular complexity index is 512. The molecule has 8 nitrogen and oxygen atoms in total. The Kier molecular flexibility index (Phi) is 5.48. The molecule has 1 atom stereocenters. The Morgan fingerprint density at radius 2 is 1.90 bits per heavy atom. The molecule has 0 aromatic heterocycles. The molecule has 0 aliphatic carbocycles. The number of carbonyl (C=O) groups excluding carboxylic acids is 1. The number of hydrogen-bond donors (Lipinski definition) is 4. The molecule has 0 heterocycles. The number of benzene rings is 1. The number of hydrogen-bond acceptors (Lipinski definition) is 6. The minimum Gasteiger partial charge on any atom is -0.494 e. The highest BCUT2D eigenvalue weighted by molar-refractivity contribution is 6.44. The van der Waals surface area contributed by atoms with Gasteiger partial charge in [0.1, 0.15) is 11.8 Å². The average Bonchev–Trinajstić information content (AvgIpc) is 2.40. The van der Waals surface area contributed by atoms with Crippen molar-refractivity contribution in [2.75, 3.05) is 6.61 Å². The summed E-state index contributed by atoms with van der Waals surface area (Å²) in [7, 11) is 0. The monoisotopic (exact) mass is 281 g/mol. The molecular weight excluding hydrogens is 266 g/mol. The lowest BCUT2D eigenvalue weighted by atomic mass is 10.1. The molecule has 0 aliphatic rings. The second-order valence-corrected chi connectivity index (χ2v) is 3.92. The van der Waals surface area contributed by atoms with Crippen molar-refractivity contribution in [2.45, 2.75) is 12.5 Å². The summed E-state index contributed by atoms with van der Waals surface area (Å²) in [5.74, 6) is -1.48. The summed E-state index contributed by atoms with van der Waals surface area (Å²) in [6.07, 6.45) is 0.168. The number of carboxylic acid groups (broad SMARTS) is 1. The average molecular weight is 281 g/mol. The molecule has 108 valence electrons. The minimum atomic E-state index is -1.09. The number of carboxylic acids is 1. The predicted molar refractivity (Wildman–Crippen MR) is 69.7 cm³/mol. The van der Waals surface area contributed by atoms with Gasteiger partial charge in [-0.1, -0.05) is 5.16 Å². The standard InChI is InChI=1S/C12H15N3O5/c13-9(12(17)18)5-6-20-8-3-1-7(2-4-8)10(15-19)11(14)16/h1-4,9,19H,5-6,13H2,(H2,14,16)(H,17,18)/b15-10+. The zero-order valence-electron chi connectivity index (χ0n) is 10.5. The number of nitrogens with two attached hydrogens (primary N) is 2. The molecule has 0 fully saturated rings. The molecule has 1 aromatic rings. The summed E-state index contributed by atoms with van der Waals surface area (Å²) >= 11 is 0. The van der Waals surface area contributed by atoms with Gasteiger partial charge in [0, 0.05) is 12.0 Å². The molecule has 0 saturated heterocycles. The van der Waals surface area contributed by atoms with E-state index >= 15 is 0 Å². The summed E-state index contributed by atoms with van der Waals surface area (Å²) in [4.78, 5) is 21.5. The van der Waals surface area contributed by atoms with Gasteiger partial charge >= 0.3 is 5.97 Å². The third kappa shape index (κ3) is 4.25. The lowest BCUT2D eigenvalue weighted by Crippen LogP contribution is -2.31. The maximum absolute atomic E-state index is 11.0. The second kappa shape index (κ2) is 7.10. The number of amides is 1. The van der Waals surface area contributed by atoms with E-state index in [0.717, 1.165) is 0 Å². The lowest BCUT2D eigenvalue weighted by Gasteiger charge is -2.09. The fourth-order valence-corrected chi connectivity index (χ4v) is 1.39. The number of rotatable bonds is 7. The van der Waals surface area contributed by atoms with Crippen LogP contribution >= 0.6 is 0 Å². The first-order valence-corrected chi connectivity index (χ1v) is 5.69. The third-order valence-electron chi connectivity index (χ3n) is 2.48. The van der Waals surface area contributed by atoms with Crippen LogP contribution in [0, 0.1) is 0 Å². The smallest absolute Gasteiger partial charge is 0.320 e. The zero-order valence-corrected chi connectivity index (χ0v) is 10.5. The topological polar surface area (TPSA) is 148 Å². The Labute approximate surface area is 114 Å². The van der Waals surface area contributed by atoms with E-state index in [9.17, 15) is 9.59 Å². The van der Waals surface area contributed by atoms with Gasteiger partial charge in [0.15, 0.2) is 5.71 Å². The molecule has 20 heavy (non-hydrogen) atoms. The predicted octanol–water partition coefficient (Wildman–Crippen LogP) is -0.469. The molecule has 1 unspecified atom stereocenters. The van der Waals surface area contributed by atoms with Crippen LogP contribution in [0.4, 0.5) is 0 Å². The van der Waals surface area contributed by atoms with E-state index in [-0.39, 0.29) is 18.7 Å². The van der Waals surface area contributed by atoms with Crippen LogP contribution < -0.4 is 16.2 Å². The maximum atomic E-state index is 11.0. The van der Waals surface area contributed by atoms with Crippen LogP contribution in [0.15, 0.2) is 29.4 Å². The number of aliphatic carboxylic acids is 1. The first-order chi connectivity index (χ1) is 9.45. The first kappa shape index (κ1) is 15.4. The Hall–Kier alpha value is -2.61. The van der Waals surface area contributed by atoms with Gasteiger partial charge in [0.25, 0.3) is 5.91 Å². The third-order valence-corrected chi connectivity index (χ3v) is 2.48. The van der Waals surface area contributed by atoms with Crippen molar-refractivity contribution in [3.05, 3.63) is 29.8 Å². The van der Waals surface area contributed by atoms with Crippen LogP contribution in [-0.2, 0) is 9.59 Å². The number of ether oxygens (including phenoxy) is 1. The van der Waals surface area contributed by atoms with Crippen LogP contribution in [0.25, 0.3) is 0 Å². The largest absolute Gasteiger partial charge is 0.494 e. The van der Waals surface area contributed by atoms with E-state index in [2.05, 4.69) is 5.16 Å². The molecule has 0 saturated carbocycles. The van der Waals surface area contributed by atoms with Crippen LogP contribution in [0.5, 0.6) is 5.75 Å². The molecule has 1 amide bonds. The normalized spacial score (nSPS) is 12.8. The van der Waals surface area contributed by atoms with Crippen LogP contribution in [-0.4, -0.2) is 40.6 Å². The Morgan fingerprint density at radius 3 is 2.35 bits per heavy atom. The van der Waals surface area contributed by atoms with Gasteiger partial charge in [-0.2, -0.15) is 0 Å². The fraction of sp³-hybridized carbons (Fsp3) is 0.250. The first-order valence-electron chi connectivity index (χ1n) is 5.69. The SMILES string of the molecule is NC(=O)/C(=N/O)c1ccc(OCCC(N)C(=O)O)cc1. The summed E-state index contributed by atoms with van der Waals surface area (Å²) in [5, 5.41) is 20.1. The molecule has 0 spiro atoms. The molecule has 1 aromatic carbocycles. The summed E-state index contributed by atoms with van der Waals surface area (Å²) < 4.78 is 5.29. The number of nitrogens with zero attached hydrogens (tertiary/aromatic N) is 1. The highest BCUT2D eigenvalue weighted by atomic mass is 16.5. The number of oxime groups is 1. The van der Waals surface area contributed by atoms with Crippen molar-refractivity contribution >= 4 is 17.6 Å². The number of carbonyl (C=O) groups is 2. The van der Waals surface area contributed by atoms with Crippen molar-refractivity contribution in [1.29, 1.82) is 0 Å². The van der Waals surface area contributed by atoms with E-state index < -0.39 is 17.9 Å². The lowest BCUT2D eigenvalue weighted by molar-refractivity contribution is -0.138. The molecule has 0 bridgehead atoms. The van der Waals surface area contributed by atoms with Crippen molar-refractivity contribution < 1.29 is 24.6 Å². The van der Waals surface area contributed by atoms with Gasteiger partial charge in [0.05, 0.1) is 6.61 Å². The molecule has 1 rings (SSSR count). The quantitative estimate of drug-likeness (QED) is 0.301. The molecule has 6 N–H and O–H groups in total. The molecule has 0 radical (unpaired) electrons. The van der Waals surface area contributed by atoms with Gasteiger partial charge in [0.2, 0.25) is 0 Å². The minimum absolute atomic E-state index is 0.142. The molecular formula is C12H15N3O5. The summed E-state index contributed by atoms with van der Waals surface area (Å²) in [6, 6.07) is 5.08. The molecule has 0 aliphatic heterocycles. The van der Waals surface area contributed by atoms with Crippen LogP contribution in [0.3, 0.4) is 0 Å². The van der Waals surface area contributed by atoms with Gasteiger partial charge in [-0.25, -0.2) is 0 Å². The second-order valence-electron chi connectivity index (χ2n) is 3.92. The van der Waals surface area contributed by atoms with Crippen LogP contribution in [0.2, 0.25) is 0 Å². The van der Waals surface area contributed by atoms with Crippen molar-refractivity contribution in [3.8, 4) is 5.75 Å². The van der Waals surface area contributed by atoms with E-state index in [1.54, 1.807) is 0 Å². The van der Waals surface area contributed by atoms with Crippen molar-refractivity contribution in [1.82, 2.24) is 0 Å². The highest BCUT2D eigenvalue weighted by Gasteiger charge is 2.12. The van der Waals surface area contributed by atoms with Crippen molar-refractivity contribution in [3.63, 3.8) is 0 Å². The van der Waals surface area contributed by atoms with E-state index in [4.69, 9.17) is 26.5 Å². The van der Waals surface area contributed by atoms with Gasteiger partial charge < -0.3 is 26.5 Å². The van der Waals surface area contributed by atoms with E-state index in [1.165, 1.54) is 24.3 Å². The fourth-order valence-electron chi connectivity index (χ4n) is 1.39. The summed E-state index contributed by atoms with van der Waals surface area (Å²) in [6.45, 7) is 0.142. The summed E-state index contributed by atoms with van der Waals surface area (Å²) in [5.41, 5.74) is 10.4. The molecule has 8 heteroatoms. The highest BCUT2D eigenvalue weighted by Crippen LogP contribution is 2.13.